The SMILES string of the molecule is NC(=O)c1ccc(C(=O)NC2CCN(CCCO)CC2)cc1. The Morgan fingerprint density at radius 2 is 1.77 bits per heavy atom. The van der Waals surface area contributed by atoms with E-state index >= 15 is 0 Å². The minimum absolute atomic E-state index is 0.121. The Hall–Kier alpha value is -1.92. The fourth-order valence-corrected chi connectivity index (χ4v) is 2.65. The van der Waals surface area contributed by atoms with Crippen LogP contribution < -0.4 is 11.1 Å². The van der Waals surface area contributed by atoms with Crippen molar-refractivity contribution in [2.45, 2.75) is 25.3 Å². The fourth-order valence-electron chi connectivity index (χ4n) is 2.65. The highest BCUT2D eigenvalue weighted by molar-refractivity contribution is 5.97. The van der Waals surface area contributed by atoms with Gasteiger partial charge in [0.1, 0.15) is 0 Å². The van der Waals surface area contributed by atoms with Crippen LogP contribution in [0.4, 0.5) is 0 Å². The van der Waals surface area contributed by atoms with E-state index in [1.807, 2.05) is 0 Å². The Labute approximate surface area is 130 Å². The van der Waals surface area contributed by atoms with Gasteiger partial charge in [0.05, 0.1) is 0 Å². The maximum atomic E-state index is 12.2. The Balaban J connectivity index is 1.81. The number of piperidine rings is 1. The number of nitrogens with two attached hydrogens (primary N) is 1. The average Bonchev–Trinajstić information content (AvgIpc) is 2.54. The van der Waals surface area contributed by atoms with Gasteiger partial charge in [-0.3, -0.25) is 9.59 Å². The molecule has 22 heavy (non-hydrogen) atoms. The summed E-state index contributed by atoms with van der Waals surface area (Å²) >= 11 is 0. The number of rotatable bonds is 6. The first-order valence-corrected chi connectivity index (χ1v) is 7.64. The first-order chi connectivity index (χ1) is 10.6. The van der Waals surface area contributed by atoms with Crippen LogP contribution in [0.15, 0.2) is 24.3 Å². The lowest BCUT2D eigenvalue weighted by atomic mass is 10.0. The summed E-state index contributed by atoms with van der Waals surface area (Å²) in [4.78, 5) is 25.5. The first-order valence-electron chi connectivity index (χ1n) is 7.64. The van der Waals surface area contributed by atoms with E-state index in [0.717, 1.165) is 38.9 Å². The molecule has 120 valence electrons. The second kappa shape index (κ2) is 7.91. The second-order valence-electron chi connectivity index (χ2n) is 5.61. The molecule has 0 radical (unpaired) electrons. The number of primary amides is 1. The van der Waals surface area contributed by atoms with Crippen LogP contribution in [0, 0.1) is 0 Å². The number of amides is 2. The molecule has 0 bridgehead atoms. The molecule has 0 unspecified atom stereocenters. The number of benzene rings is 1. The molecule has 0 aromatic heterocycles. The minimum Gasteiger partial charge on any atom is -0.396 e. The number of carbonyl (C=O) groups is 2. The summed E-state index contributed by atoms with van der Waals surface area (Å²) < 4.78 is 0. The van der Waals surface area contributed by atoms with Gasteiger partial charge in [0.15, 0.2) is 0 Å². The molecule has 1 aliphatic heterocycles. The van der Waals surface area contributed by atoms with Crippen LogP contribution >= 0.6 is 0 Å². The van der Waals surface area contributed by atoms with Gasteiger partial charge in [0.2, 0.25) is 5.91 Å². The molecule has 1 aromatic rings. The zero-order valence-electron chi connectivity index (χ0n) is 12.6. The number of hydrogen-bond acceptors (Lipinski definition) is 4. The maximum absolute atomic E-state index is 12.2. The number of aliphatic hydroxyl groups is 1. The first kappa shape index (κ1) is 16.5. The molecule has 4 N–H and O–H groups in total. The van der Waals surface area contributed by atoms with Crippen LogP contribution in [0.1, 0.15) is 40.0 Å². The van der Waals surface area contributed by atoms with E-state index in [2.05, 4.69) is 10.2 Å². The van der Waals surface area contributed by atoms with Crippen molar-refractivity contribution in [2.75, 3.05) is 26.2 Å². The van der Waals surface area contributed by atoms with Crippen molar-refractivity contribution in [1.29, 1.82) is 0 Å². The third-order valence-electron chi connectivity index (χ3n) is 3.99. The van der Waals surface area contributed by atoms with Crippen molar-refractivity contribution in [2.24, 2.45) is 5.73 Å². The summed E-state index contributed by atoms with van der Waals surface area (Å²) in [5.41, 5.74) is 6.11. The Bertz CT molecular complexity index is 508. The summed E-state index contributed by atoms with van der Waals surface area (Å²) in [5.74, 6) is -0.618. The average molecular weight is 305 g/mol. The largest absolute Gasteiger partial charge is 0.396 e. The van der Waals surface area contributed by atoms with Crippen LogP contribution in [0.5, 0.6) is 0 Å². The third-order valence-corrected chi connectivity index (χ3v) is 3.99. The smallest absolute Gasteiger partial charge is 0.251 e. The van der Waals surface area contributed by atoms with Crippen molar-refractivity contribution in [3.8, 4) is 0 Å². The Kier molecular flexibility index (Phi) is 5.91. The molecule has 6 heteroatoms. The van der Waals surface area contributed by atoms with E-state index in [9.17, 15) is 9.59 Å². The summed E-state index contributed by atoms with van der Waals surface area (Å²) in [6.45, 7) is 3.00. The van der Waals surface area contributed by atoms with Gasteiger partial charge in [-0.15, -0.1) is 0 Å². The second-order valence-corrected chi connectivity index (χ2v) is 5.61. The van der Waals surface area contributed by atoms with E-state index in [1.165, 1.54) is 0 Å². The van der Waals surface area contributed by atoms with Gasteiger partial charge in [0.25, 0.3) is 5.91 Å². The summed E-state index contributed by atoms with van der Waals surface area (Å²) in [6.07, 6.45) is 2.62. The van der Waals surface area contributed by atoms with Crippen molar-refractivity contribution in [3.05, 3.63) is 35.4 Å². The number of nitrogens with one attached hydrogen (secondary N) is 1. The van der Waals surface area contributed by atoms with Crippen molar-refractivity contribution in [1.82, 2.24) is 10.2 Å². The van der Waals surface area contributed by atoms with E-state index in [4.69, 9.17) is 10.8 Å². The number of hydrogen-bond donors (Lipinski definition) is 3. The van der Waals surface area contributed by atoms with Crippen LogP contribution in [0.3, 0.4) is 0 Å². The van der Waals surface area contributed by atoms with Crippen molar-refractivity contribution >= 4 is 11.8 Å². The molecule has 0 saturated carbocycles. The van der Waals surface area contributed by atoms with Crippen LogP contribution in [-0.2, 0) is 0 Å². The van der Waals surface area contributed by atoms with Gasteiger partial charge in [0, 0.05) is 43.4 Å². The molecule has 2 rings (SSSR count). The van der Waals surface area contributed by atoms with E-state index < -0.39 is 5.91 Å². The molecule has 1 heterocycles. The molecule has 0 aliphatic carbocycles. The van der Waals surface area contributed by atoms with Gasteiger partial charge < -0.3 is 21.1 Å². The lowest BCUT2D eigenvalue weighted by Crippen LogP contribution is -2.44. The highest BCUT2D eigenvalue weighted by Gasteiger charge is 2.20. The van der Waals surface area contributed by atoms with Crippen LogP contribution in [0.25, 0.3) is 0 Å². The van der Waals surface area contributed by atoms with Gasteiger partial charge in [-0.2, -0.15) is 0 Å². The fraction of sp³-hybridized carbons (Fsp3) is 0.500. The predicted octanol–water partition coefficient (Wildman–Crippen LogP) is 0.362. The highest BCUT2D eigenvalue weighted by Crippen LogP contribution is 2.12. The molecule has 0 atom stereocenters. The number of aliphatic hydroxyl groups excluding tert-OH is 1. The third kappa shape index (κ3) is 4.54. The van der Waals surface area contributed by atoms with Crippen LogP contribution in [-0.4, -0.2) is 54.1 Å². The van der Waals surface area contributed by atoms with Gasteiger partial charge in [-0.1, -0.05) is 0 Å². The topological polar surface area (TPSA) is 95.7 Å². The molecule has 1 aliphatic rings. The van der Waals surface area contributed by atoms with Crippen molar-refractivity contribution < 1.29 is 14.7 Å². The lowest BCUT2D eigenvalue weighted by molar-refractivity contribution is 0.0907. The molecule has 2 amide bonds. The number of carbonyl (C=O) groups excluding carboxylic acids is 2. The van der Waals surface area contributed by atoms with Crippen LogP contribution in [0.2, 0.25) is 0 Å². The van der Waals surface area contributed by atoms with Gasteiger partial charge in [-0.05, 0) is 43.5 Å². The Morgan fingerprint density at radius 3 is 2.32 bits per heavy atom. The molecule has 1 aromatic carbocycles. The zero-order valence-corrected chi connectivity index (χ0v) is 12.6. The van der Waals surface area contributed by atoms with Gasteiger partial charge in [-0.25, -0.2) is 0 Å². The lowest BCUT2D eigenvalue weighted by Gasteiger charge is -2.32. The van der Waals surface area contributed by atoms with Crippen molar-refractivity contribution in [3.63, 3.8) is 0 Å². The van der Waals surface area contributed by atoms with E-state index in [1.54, 1.807) is 24.3 Å². The molecule has 1 fully saturated rings. The molecular formula is C16H23N3O3. The standard InChI is InChI=1S/C16H23N3O3/c17-15(21)12-2-4-13(5-3-12)16(22)18-14-6-9-19(10-7-14)8-1-11-20/h2-5,14,20H,1,6-11H2,(H2,17,21)(H,18,22). The number of nitrogens with zero attached hydrogens (tertiary/aromatic N) is 1. The maximum Gasteiger partial charge on any atom is 0.251 e. The summed E-state index contributed by atoms with van der Waals surface area (Å²) in [5, 5.41) is 11.9. The zero-order chi connectivity index (χ0) is 15.9. The Morgan fingerprint density at radius 1 is 1.18 bits per heavy atom. The summed E-state index contributed by atoms with van der Waals surface area (Å²) in [6, 6.07) is 6.54. The monoisotopic (exact) mass is 305 g/mol. The minimum atomic E-state index is -0.498. The highest BCUT2D eigenvalue weighted by atomic mass is 16.3. The number of likely N-dealkylation sites (tertiary alicyclic amines) is 1. The quantitative estimate of drug-likeness (QED) is 0.707. The predicted molar refractivity (Wildman–Crippen MR) is 83.6 cm³/mol. The normalized spacial score (nSPS) is 16.4. The summed E-state index contributed by atoms with van der Waals surface area (Å²) in [7, 11) is 0. The molecule has 1 saturated heterocycles. The van der Waals surface area contributed by atoms with E-state index in [-0.39, 0.29) is 18.6 Å². The molecular weight excluding hydrogens is 282 g/mol. The molecule has 6 nitrogen and oxygen atoms in total. The van der Waals surface area contributed by atoms with E-state index in [0.29, 0.717) is 11.1 Å². The molecule has 0 spiro atoms. The van der Waals surface area contributed by atoms with Gasteiger partial charge >= 0.3 is 0 Å².